The lowest BCUT2D eigenvalue weighted by atomic mass is 10.0. The molecule has 2 heterocycles. The average molecular weight is 353 g/mol. The summed E-state index contributed by atoms with van der Waals surface area (Å²) in [5.74, 6) is -0.436. The van der Waals surface area contributed by atoms with Crippen LogP contribution in [-0.2, 0) is 4.79 Å². The molecule has 1 atom stereocenters. The Morgan fingerprint density at radius 3 is 2.58 bits per heavy atom. The van der Waals surface area contributed by atoms with Crippen LogP contribution in [0.3, 0.4) is 0 Å². The number of hydrogen-bond acceptors (Lipinski definition) is 4. The van der Waals surface area contributed by atoms with Gasteiger partial charge in [-0.1, -0.05) is 30.0 Å². The molecule has 1 unspecified atom stereocenters. The van der Waals surface area contributed by atoms with Crippen molar-refractivity contribution in [2.45, 2.75) is 18.5 Å². The molecule has 0 bridgehead atoms. The SMILES string of the molecule is CC1=C2C(N)=C(C(=O)Nc3ccccc3)SC2NC(C(F)(F)F)=C1. The Labute approximate surface area is 140 Å². The topological polar surface area (TPSA) is 67.2 Å². The third-order valence-electron chi connectivity index (χ3n) is 3.65. The lowest BCUT2D eigenvalue weighted by Crippen LogP contribution is -2.36. The number of carbonyl (C=O) groups is 1. The molecule has 0 radical (unpaired) electrons. The minimum atomic E-state index is -4.48. The van der Waals surface area contributed by atoms with Gasteiger partial charge < -0.3 is 16.4 Å². The second kappa shape index (κ2) is 5.94. The van der Waals surface area contributed by atoms with Crippen LogP contribution in [0, 0.1) is 0 Å². The van der Waals surface area contributed by atoms with E-state index in [-0.39, 0.29) is 10.6 Å². The Morgan fingerprint density at radius 1 is 1.29 bits per heavy atom. The lowest BCUT2D eigenvalue weighted by molar-refractivity contribution is -0.112. The van der Waals surface area contributed by atoms with Gasteiger partial charge in [-0.3, -0.25) is 4.79 Å². The maximum atomic E-state index is 12.9. The number of hydrogen-bond donors (Lipinski definition) is 3. The Kier molecular flexibility index (Phi) is 4.08. The fourth-order valence-electron chi connectivity index (χ4n) is 2.55. The third-order valence-corrected chi connectivity index (χ3v) is 4.88. The number of alkyl halides is 3. The van der Waals surface area contributed by atoms with Crippen molar-refractivity contribution in [3.05, 3.63) is 63.9 Å². The molecule has 4 nitrogen and oxygen atoms in total. The predicted molar refractivity (Wildman–Crippen MR) is 87.6 cm³/mol. The van der Waals surface area contributed by atoms with E-state index < -0.39 is 23.2 Å². The molecule has 4 N–H and O–H groups in total. The molecule has 3 rings (SSSR count). The largest absolute Gasteiger partial charge is 0.430 e. The smallest absolute Gasteiger partial charge is 0.397 e. The van der Waals surface area contributed by atoms with Crippen molar-refractivity contribution in [1.29, 1.82) is 0 Å². The molecular formula is C16H14F3N3OS. The van der Waals surface area contributed by atoms with Crippen LogP contribution in [0.1, 0.15) is 6.92 Å². The Balaban J connectivity index is 1.87. The average Bonchev–Trinajstić information content (AvgIpc) is 2.85. The van der Waals surface area contributed by atoms with Gasteiger partial charge in [-0.05, 0) is 30.7 Å². The lowest BCUT2D eigenvalue weighted by Gasteiger charge is -2.25. The quantitative estimate of drug-likeness (QED) is 0.764. The highest BCUT2D eigenvalue weighted by molar-refractivity contribution is 8.05. The number of benzene rings is 1. The number of nitrogens with two attached hydrogens (primary N) is 1. The molecule has 24 heavy (non-hydrogen) atoms. The van der Waals surface area contributed by atoms with Crippen LogP contribution in [-0.4, -0.2) is 17.5 Å². The number of fused-ring (bicyclic) bond motifs is 1. The van der Waals surface area contributed by atoms with Gasteiger partial charge in [-0.2, -0.15) is 13.2 Å². The van der Waals surface area contributed by atoms with E-state index in [4.69, 9.17) is 5.73 Å². The first-order valence-electron chi connectivity index (χ1n) is 7.06. The van der Waals surface area contributed by atoms with Crippen LogP contribution in [0.5, 0.6) is 0 Å². The molecule has 126 valence electrons. The molecule has 1 aromatic rings. The van der Waals surface area contributed by atoms with E-state index in [9.17, 15) is 18.0 Å². The van der Waals surface area contributed by atoms with E-state index in [1.807, 2.05) is 6.07 Å². The van der Waals surface area contributed by atoms with Crippen molar-refractivity contribution in [3.8, 4) is 0 Å². The number of thioether (sulfide) groups is 1. The predicted octanol–water partition coefficient (Wildman–Crippen LogP) is 3.23. The van der Waals surface area contributed by atoms with Gasteiger partial charge in [-0.15, -0.1) is 0 Å². The van der Waals surface area contributed by atoms with Gasteiger partial charge in [0.15, 0.2) is 0 Å². The van der Waals surface area contributed by atoms with Crippen molar-refractivity contribution in [3.63, 3.8) is 0 Å². The highest BCUT2D eigenvalue weighted by Crippen LogP contribution is 2.44. The zero-order valence-electron chi connectivity index (χ0n) is 12.6. The van der Waals surface area contributed by atoms with E-state index in [0.717, 1.165) is 17.8 Å². The maximum Gasteiger partial charge on any atom is 0.430 e. The highest BCUT2D eigenvalue weighted by atomic mass is 32.2. The van der Waals surface area contributed by atoms with Gasteiger partial charge in [-0.25, -0.2) is 0 Å². The molecule has 2 aliphatic heterocycles. The first-order chi connectivity index (χ1) is 11.3. The van der Waals surface area contributed by atoms with Crippen LogP contribution in [0.4, 0.5) is 18.9 Å². The number of para-hydroxylation sites is 1. The van der Waals surface area contributed by atoms with Crippen molar-refractivity contribution >= 4 is 23.4 Å². The Bertz CT molecular complexity index is 782. The van der Waals surface area contributed by atoms with Gasteiger partial charge in [0.1, 0.15) is 11.1 Å². The first kappa shape index (κ1) is 16.5. The minimum Gasteiger partial charge on any atom is -0.397 e. The number of amides is 1. The van der Waals surface area contributed by atoms with Gasteiger partial charge in [0.05, 0.1) is 10.6 Å². The number of rotatable bonds is 2. The first-order valence-corrected chi connectivity index (χ1v) is 7.94. The fraction of sp³-hybridized carbons (Fsp3) is 0.188. The second-order valence-electron chi connectivity index (χ2n) is 5.36. The number of allylic oxidation sites excluding steroid dienone is 3. The summed E-state index contributed by atoms with van der Waals surface area (Å²) in [6.45, 7) is 1.56. The van der Waals surface area contributed by atoms with E-state index in [1.54, 1.807) is 31.2 Å². The zero-order chi connectivity index (χ0) is 17.5. The minimum absolute atomic E-state index is 0.209. The van der Waals surface area contributed by atoms with Crippen molar-refractivity contribution < 1.29 is 18.0 Å². The van der Waals surface area contributed by atoms with Crippen LogP contribution in [0.25, 0.3) is 0 Å². The molecule has 0 fully saturated rings. The molecule has 8 heteroatoms. The van der Waals surface area contributed by atoms with E-state index in [1.165, 1.54) is 0 Å². The number of anilines is 1. The van der Waals surface area contributed by atoms with Gasteiger partial charge >= 0.3 is 6.18 Å². The molecule has 0 spiro atoms. The summed E-state index contributed by atoms with van der Waals surface area (Å²) in [6, 6.07) is 8.77. The summed E-state index contributed by atoms with van der Waals surface area (Å²) in [4.78, 5) is 12.6. The highest BCUT2D eigenvalue weighted by Gasteiger charge is 2.42. The molecular weight excluding hydrogens is 339 g/mol. The number of nitrogens with one attached hydrogen (secondary N) is 2. The summed E-state index contributed by atoms with van der Waals surface area (Å²) < 4.78 is 38.8. The summed E-state index contributed by atoms with van der Waals surface area (Å²) in [5, 5.41) is 4.38. The summed E-state index contributed by atoms with van der Waals surface area (Å²) in [5.41, 5.74) is 6.91. The second-order valence-corrected chi connectivity index (χ2v) is 6.47. The summed E-state index contributed by atoms with van der Waals surface area (Å²) >= 11 is 0.986. The molecule has 2 aliphatic rings. The van der Waals surface area contributed by atoms with Crippen molar-refractivity contribution in [2.75, 3.05) is 5.32 Å². The van der Waals surface area contributed by atoms with Crippen molar-refractivity contribution in [2.24, 2.45) is 5.73 Å². The number of dihydropyridines is 1. The molecule has 1 aromatic carbocycles. The summed E-state index contributed by atoms with van der Waals surface area (Å²) in [6.07, 6.45) is -3.46. The Morgan fingerprint density at radius 2 is 1.96 bits per heavy atom. The van der Waals surface area contributed by atoms with Crippen LogP contribution in [0.15, 0.2) is 63.9 Å². The molecule has 0 aromatic heterocycles. The zero-order valence-corrected chi connectivity index (χ0v) is 13.4. The molecule has 0 saturated carbocycles. The van der Waals surface area contributed by atoms with E-state index in [0.29, 0.717) is 16.8 Å². The molecule has 1 amide bonds. The fourth-order valence-corrected chi connectivity index (χ4v) is 3.80. The van der Waals surface area contributed by atoms with Gasteiger partial charge in [0, 0.05) is 11.3 Å². The third kappa shape index (κ3) is 3.01. The number of carbonyl (C=O) groups excluding carboxylic acids is 1. The summed E-state index contributed by atoms with van der Waals surface area (Å²) in [7, 11) is 0. The molecule has 0 aliphatic carbocycles. The van der Waals surface area contributed by atoms with Crippen LogP contribution < -0.4 is 16.4 Å². The Hall–Kier alpha value is -2.35. The van der Waals surface area contributed by atoms with Crippen LogP contribution >= 0.6 is 11.8 Å². The van der Waals surface area contributed by atoms with E-state index in [2.05, 4.69) is 10.6 Å². The van der Waals surface area contributed by atoms with Gasteiger partial charge in [0.2, 0.25) is 0 Å². The van der Waals surface area contributed by atoms with Crippen LogP contribution in [0.2, 0.25) is 0 Å². The standard InChI is InChI=1S/C16H14F3N3OS/c1-8-7-10(16(17,18)19)22-15-11(8)12(20)13(24-15)14(23)21-9-5-3-2-4-6-9/h2-7,15,22H,20H2,1H3,(H,21,23). The maximum absolute atomic E-state index is 12.9. The van der Waals surface area contributed by atoms with E-state index >= 15 is 0 Å². The normalized spacial score (nSPS) is 20.5. The monoisotopic (exact) mass is 353 g/mol. The van der Waals surface area contributed by atoms with Crippen molar-refractivity contribution in [1.82, 2.24) is 5.32 Å². The van der Waals surface area contributed by atoms with Gasteiger partial charge in [0.25, 0.3) is 5.91 Å². The molecule has 0 saturated heterocycles. The number of halogens is 3.